The number of rotatable bonds is 2. The van der Waals surface area contributed by atoms with Gasteiger partial charge in [0.15, 0.2) is 0 Å². The summed E-state index contributed by atoms with van der Waals surface area (Å²) in [4.78, 5) is 11.0. The molecule has 0 unspecified atom stereocenters. The molecule has 1 aromatic rings. The predicted octanol–water partition coefficient (Wildman–Crippen LogP) is 1.83. The molecule has 2 fully saturated rings. The average molecular weight is 247 g/mol. The van der Waals surface area contributed by atoms with Gasteiger partial charge < -0.3 is 9.64 Å². The molecule has 2 saturated heterocycles. The summed E-state index contributed by atoms with van der Waals surface area (Å²) in [5.41, 5.74) is 1.22. The molecule has 3 heterocycles. The molecule has 3 rings (SSSR count). The molecular weight excluding hydrogens is 226 g/mol. The summed E-state index contributed by atoms with van der Waals surface area (Å²) in [7, 11) is 0. The van der Waals surface area contributed by atoms with E-state index in [1.54, 1.807) is 6.33 Å². The van der Waals surface area contributed by atoms with Gasteiger partial charge in [-0.05, 0) is 44.8 Å². The maximum absolute atomic E-state index is 5.44. The Hall–Kier alpha value is -1.00. The second-order valence-corrected chi connectivity index (χ2v) is 5.29. The van der Waals surface area contributed by atoms with Crippen LogP contribution in [-0.4, -0.2) is 47.2 Å². The molecule has 0 bridgehead atoms. The van der Waals surface area contributed by atoms with Crippen molar-refractivity contribution < 1.29 is 4.74 Å². The van der Waals surface area contributed by atoms with Crippen LogP contribution in [0.2, 0.25) is 0 Å². The summed E-state index contributed by atoms with van der Waals surface area (Å²) < 4.78 is 5.44. The molecule has 0 aliphatic carbocycles. The summed E-state index contributed by atoms with van der Waals surface area (Å²) >= 11 is 0. The van der Waals surface area contributed by atoms with Crippen molar-refractivity contribution >= 4 is 0 Å². The molecule has 98 valence electrons. The molecule has 0 saturated carbocycles. The van der Waals surface area contributed by atoms with Crippen LogP contribution in [0.15, 0.2) is 18.6 Å². The lowest BCUT2D eigenvalue weighted by Crippen LogP contribution is -2.43. The fraction of sp³-hybridized carbons (Fsp3) is 0.714. The van der Waals surface area contributed by atoms with Crippen LogP contribution in [0.1, 0.15) is 37.3 Å². The van der Waals surface area contributed by atoms with Crippen LogP contribution in [0.3, 0.4) is 0 Å². The zero-order valence-electron chi connectivity index (χ0n) is 10.8. The van der Waals surface area contributed by atoms with Crippen LogP contribution in [-0.2, 0) is 4.74 Å². The second-order valence-electron chi connectivity index (χ2n) is 5.29. The van der Waals surface area contributed by atoms with Gasteiger partial charge in [0.25, 0.3) is 0 Å². The Kier molecular flexibility index (Phi) is 3.86. The van der Waals surface area contributed by atoms with E-state index < -0.39 is 0 Å². The zero-order valence-corrected chi connectivity index (χ0v) is 10.8. The highest BCUT2D eigenvalue weighted by Gasteiger charge is 2.27. The van der Waals surface area contributed by atoms with E-state index in [-0.39, 0.29) is 0 Å². The van der Waals surface area contributed by atoms with Crippen LogP contribution in [0.5, 0.6) is 0 Å². The molecule has 4 heteroatoms. The number of aromatic nitrogens is 2. The molecule has 4 nitrogen and oxygen atoms in total. The number of hydrogen-bond acceptors (Lipinski definition) is 4. The lowest BCUT2D eigenvalue weighted by Gasteiger charge is -2.39. The van der Waals surface area contributed by atoms with Crippen molar-refractivity contribution in [2.75, 3.05) is 26.3 Å². The smallest absolute Gasteiger partial charge is 0.115 e. The molecule has 0 spiro atoms. The van der Waals surface area contributed by atoms with Crippen LogP contribution in [0, 0.1) is 0 Å². The highest BCUT2D eigenvalue weighted by atomic mass is 16.5. The minimum atomic E-state index is 0.629. The fourth-order valence-corrected chi connectivity index (χ4v) is 3.15. The van der Waals surface area contributed by atoms with Crippen molar-refractivity contribution in [1.82, 2.24) is 14.9 Å². The van der Waals surface area contributed by atoms with Gasteiger partial charge in [-0.25, -0.2) is 9.97 Å². The first-order valence-electron chi connectivity index (χ1n) is 7.01. The highest BCUT2D eigenvalue weighted by Crippen LogP contribution is 2.28. The predicted molar refractivity (Wildman–Crippen MR) is 69.4 cm³/mol. The second kappa shape index (κ2) is 5.76. The van der Waals surface area contributed by atoms with Crippen LogP contribution in [0.25, 0.3) is 0 Å². The molecule has 1 aromatic heterocycles. The van der Waals surface area contributed by atoms with E-state index in [0.717, 1.165) is 19.3 Å². The summed E-state index contributed by atoms with van der Waals surface area (Å²) in [6.45, 7) is 4.30. The van der Waals surface area contributed by atoms with E-state index in [1.165, 1.54) is 44.5 Å². The van der Waals surface area contributed by atoms with Crippen LogP contribution >= 0.6 is 0 Å². The van der Waals surface area contributed by atoms with Crippen molar-refractivity contribution in [1.29, 1.82) is 0 Å². The quantitative estimate of drug-likeness (QED) is 0.799. The number of piperidine rings is 1. The van der Waals surface area contributed by atoms with Gasteiger partial charge in [-0.15, -0.1) is 0 Å². The van der Waals surface area contributed by atoms with Crippen molar-refractivity contribution in [3.05, 3.63) is 24.3 Å². The third kappa shape index (κ3) is 2.70. The Balaban J connectivity index is 1.54. The fourth-order valence-electron chi connectivity index (χ4n) is 3.15. The first kappa shape index (κ1) is 12.1. The third-order valence-electron chi connectivity index (χ3n) is 4.26. The van der Waals surface area contributed by atoms with E-state index >= 15 is 0 Å². The first-order valence-corrected chi connectivity index (χ1v) is 7.01. The highest BCUT2D eigenvalue weighted by molar-refractivity contribution is 5.07. The summed E-state index contributed by atoms with van der Waals surface area (Å²) in [6, 6.07) is 2.82. The number of nitrogens with zero attached hydrogens (tertiary/aromatic N) is 3. The minimum absolute atomic E-state index is 0.629. The molecule has 0 radical (unpaired) electrons. The molecule has 2 aliphatic heterocycles. The number of ether oxygens (including phenoxy) is 1. The molecule has 0 atom stereocenters. The van der Waals surface area contributed by atoms with Gasteiger partial charge in [0.1, 0.15) is 6.33 Å². The van der Waals surface area contributed by atoms with Crippen molar-refractivity contribution in [2.24, 2.45) is 0 Å². The number of likely N-dealkylation sites (tertiary alicyclic amines) is 1. The normalized spacial score (nSPS) is 24.2. The van der Waals surface area contributed by atoms with Gasteiger partial charge in [-0.1, -0.05) is 0 Å². The first-order chi connectivity index (χ1) is 8.93. The van der Waals surface area contributed by atoms with Gasteiger partial charge in [0.2, 0.25) is 0 Å². The Morgan fingerprint density at radius 2 is 1.89 bits per heavy atom. The molecule has 2 aliphatic rings. The maximum atomic E-state index is 5.44. The Morgan fingerprint density at radius 3 is 2.56 bits per heavy atom. The molecule has 0 amide bonds. The molecule has 0 aromatic carbocycles. The maximum Gasteiger partial charge on any atom is 0.115 e. The lowest BCUT2D eigenvalue weighted by atomic mass is 9.91. The van der Waals surface area contributed by atoms with E-state index in [4.69, 9.17) is 4.74 Å². The van der Waals surface area contributed by atoms with Gasteiger partial charge in [0.05, 0.1) is 0 Å². The summed E-state index contributed by atoms with van der Waals surface area (Å²) in [5.74, 6) is 0.629. The van der Waals surface area contributed by atoms with E-state index in [2.05, 4.69) is 20.9 Å². The minimum Gasteiger partial charge on any atom is -0.381 e. The average Bonchev–Trinajstić information content (AvgIpc) is 2.49. The van der Waals surface area contributed by atoms with E-state index in [9.17, 15) is 0 Å². The zero-order chi connectivity index (χ0) is 12.2. The van der Waals surface area contributed by atoms with Crippen molar-refractivity contribution in [3.8, 4) is 0 Å². The summed E-state index contributed by atoms with van der Waals surface area (Å²) in [6.07, 6.45) is 8.40. The van der Waals surface area contributed by atoms with Crippen LogP contribution in [0.4, 0.5) is 0 Å². The SMILES string of the molecule is c1cc(C2CCN(C3CCOCC3)CC2)ncn1. The van der Waals surface area contributed by atoms with Crippen LogP contribution < -0.4 is 0 Å². The van der Waals surface area contributed by atoms with Gasteiger partial charge >= 0.3 is 0 Å². The van der Waals surface area contributed by atoms with Gasteiger partial charge in [-0.2, -0.15) is 0 Å². The van der Waals surface area contributed by atoms with Crippen molar-refractivity contribution in [2.45, 2.75) is 37.6 Å². The van der Waals surface area contributed by atoms with Gasteiger partial charge in [0, 0.05) is 37.1 Å². The summed E-state index contributed by atoms with van der Waals surface area (Å²) in [5, 5.41) is 0. The number of hydrogen-bond donors (Lipinski definition) is 0. The largest absolute Gasteiger partial charge is 0.381 e. The topological polar surface area (TPSA) is 38.2 Å². The third-order valence-corrected chi connectivity index (χ3v) is 4.26. The Labute approximate surface area is 108 Å². The Morgan fingerprint density at radius 1 is 1.11 bits per heavy atom. The standard InChI is InChI=1S/C14H21N3O/c1-6-15-11-16-14(1)12-2-7-17(8-3-12)13-4-9-18-10-5-13/h1,6,11-13H,2-5,7-10H2. The van der Waals surface area contributed by atoms with E-state index in [0.29, 0.717) is 5.92 Å². The lowest BCUT2D eigenvalue weighted by molar-refractivity contribution is 0.0250. The van der Waals surface area contributed by atoms with E-state index in [1.807, 2.05) is 6.20 Å². The van der Waals surface area contributed by atoms with Gasteiger partial charge in [-0.3, -0.25) is 0 Å². The molecular formula is C14H21N3O. The monoisotopic (exact) mass is 247 g/mol. The van der Waals surface area contributed by atoms with Crippen molar-refractivity contribution in [3.63, 3.8) is 0 Å². The Bertz CT molecular complexity index is 357. The molecule has 18 heavy (non-hydrogen) atoms. The molecule has 0 N–H and O–H groups in total.